The number of ether oxygens (including phenoxy) is 2. The van der Waals surface area contributed by atoms with Crippen molar-refractivity contribution in [3.8, 4) is 23.3 Å². The van der Waals surface area contributed by atoms with Gasteiger partial charge in [-0.2, -0.15) is 5.26 Å². The number of amides is 2. The fourth-order valence-electron chi connectivity index (χ4n) is 8.80. The number of nitrogens with zero attached hydrogens (tertiary/aromatic N) is 8. The van der Waals surface area contributed by atoms with Crippen LogP contribution >= 0.6 is 0 Å². The average Bonchev–Trinajstić information content (AvgIpc) is 3.45. The van der Waals surface area contributed by atoms with Crippen molar-refractivity contribution < 1.29 is 19.1 Å². The van der Waals surface area contributed by atoms with Gasteiger partial charge in [0, 0.05) is 61.3 Å². The van der Waals surface area contributed by atoms with Crippen LogP contribution in [0.15, 0.2) is 54.7 Å². The third kappa shape index (κ3) is 6.17. The molecule has 0 radical (unpaired) electrons. The van der Waals surface area contributed by atoms with E-state index in [1.807, 2.05) is 49.9 Å². The monoisotopic (exact) mass is 727 g/mol. The zero-order valence-electron chi connectivity index (χ0n) is 31.2. The van der Waals surface area contributed by atoms with Gasteiger partial charge < -0.3 is 33.7 Å². The molecule has 2 aromatic carbocycles. The minimum Gasteiger partial charge on any atom is -0.494 e. The Morgan fingerprint density at radius 2 is 1.76 bits per heavy atom. The molecule has 13 heteroatoms. The number of imidazole rings is 1. The Morgan fingerprint density at radius 1 is 0.963 bits per heavy atom. The summed E-state index contributed by atoms with van der Waals surface area (Å²) in [6.07, 6.45) is 5.41. The predicted octanol–water partition coefficient (Wildman–Crippen LogP) is 6.00. The van der Waals surface area contributed by atoms with Crippen molar-refractivity contribution in [3.05, 3.63) is 66.1 Å². The molecule has 3 atom stereocenters. The molecule has 2 bridgehead atoms. The van der Waals surface area contributed by atoms with Gasteiger partial charge in [-0.25, -0.2) is 19.7 Å². The molecule has 0 unspecified atom stereocenters. The average molecular weight is 728 g/mol. The fourth-order valence-corrected chi connectivity index (χ4v) is 8.80. The maximum atomic E-state index is 14.4. The molecule has 278 valence electrons. The summed E-state index contributed by atoms with van der Waals surface area (Å²) in [6.45, 7) is 9.26. The Kier molecular flexibility index (Phi) is 8.24. The molecule has 2 aliphatic carbocycles. The summed E-state index contributed by atoms with van der Waals surface area (Å²) in [7, 11) is 1.65. The molecule has 1 N–H and O–H groups in total. The number of hydrogen-bond acceptors (Lipinski definition) is 9. The summed E-state index contributed by atoms with van der Waals surface area (Å²) in [6, 6.07) is 18.1. The highest BCUT2D eigenvalue weighted by molar-refractivity contribution is 6.00. The van der Waals surface area contributed by atoms with Crippen LogP contribution in [-0.4, -0.2) is 85.4 Å². The number of anilines is 1. The zero-order chi connectivity index (χ0) is 37.3. The van der Waals surface area contributed by atoms with Gasteiger partial charge in [-0.3, -0.25) is 4.79 Å². The van der Waals surface area contributed by atoms with E-state index in [0.717, 1.165) is 55.3 Å². The van der Waals surface area contributed by atoms with Crippen LogP contribution in [0, 0.1) is 29.1 Å². The van der Waals surface area contributed by atoms with Crippen LogP contribution in [0.5, 0.6) is 5.75 Å². The largest absolute Gasteiger partial charge is 0.494 e. The minimum absolute atomic E-state index is 0.0893. The van der Waals surface area contributed by atoms with Gasteiger partial charge in [-0.15, -0.1) is 0 Å². The molecule has 2 saturated heterocycles. The third-order valence-electron chi connectivity index (χ3n) is 11.4. The van der Waals surface area contributed by atoms with Crippen molar-refractivity contribution in [1.82, 2.24) is 34.3 Å². The van der Waals surface area contributed by atoms with E-state index in [1.165, 1.54) is 23.7 Å². The quantitative estimate of drug-likeness (QED) is 0.193. The molecule has 3 aromatic heterocycles. The number of aromatic nitrogens is 5. The number of nitrogens with one attached hydrogen (secondary N) is 1. The summed E-state index contributed by atoms with van der Waals surface area (Å²) in [5, 5.41) is 13.6. The molecule has 0 spiro atoms. The van der Waals surface area contributed by atoms with Crippen molar-refractivity contribution in [2.24, 2.45) is 17.8 Å². The lowest BCUT2D eigenvalue weighted by molar-refractivity contribution is 0.0485. The van der Waals surface area contributed by atoms with Crippen LogP contribution in [0.2, 0.25) is 0 Å². The highest BCUT2D eigenvalue weighted by Gasteiger charge is 2.50. The molecule has 2 saturated carbocycles. The Hall–Kier alpha value is -5.64. The molecular formula is C41H45N9O4. The molecule has 2 amide bonds. The third-order valence-corrected chi connectivity index (χ3v) is 11.4. The lowest BCUT2D eigenvalue weighted by atomic mass is 9.99. The van der Waals surface area contributed by atoms with Crippen molar-refractivity contribution in [2.45, 2.75) is 77.2 Å². The summed E-state index contributed by atoms with van der Waals surface area (Å²) in [5.41, 5.74) is 3.71. The Bertz CT molecular complexity index is 2320. The molecule has 5 aromatic rings. The van der Waals surface area contributed by atoms with E-state index in [-0.39, 0.29) is 35.7 Å². The zero-order valence-corrected chi connectivity index (χ0v) is 31.2. The van der Waals surface area contributed by atoms with Crippen LogP contribution in [0.3, 0.4) is 0 Å². The number of carbonyl (C=O) groups is 2. The molecule has 5 heterocycles. The van der Waals surface area contributed by atoms with Crippen LogP contribution in [0.4, 0.5) is 10.6 Å². The van der Waals surface area contributed by atoms with E-state index in [1.54, 1.807) is 13.3 Å². The lowest BCUT2D eigenvalue weighted by Gasteiger charge is -2.40. The standard InChI is InChI=1S/C41H45N9O4/c1-41(2,3)54-40(52)46-36-27-11-12-31(36)49(23-27)39(51)28-15-29-37(33(17-28)53-4)50(22-25-19-47(20-25)35-13-14-43-34(18-42)45-35)38(44-29)32-16-26-7-5-6-8-30(26)48(32)21-24-9-10-24/h5-8,13-17,24-25,27,31,36H,9-12,19-23H2,1-4H3,(H,46,52)/t27-,31-,36-/m1/s1. The summed E-state index contributed by atoms with van der Waals surface area (Å²) >= 11 is 0. The summed E-state index contributed by atoms with van der Waals surface area (Å²) < 4.78 is 16.4. The second kappa shape index (κ2) is 13.0. The number of likely N-dealkylation sites (tertiary alicyclic amines) is 1. The number of nitriles is 1. The van der Waals surface area contributed by atoms with E-state index in [4.69, 9.17) is 14.5 Å². The maximum absolute atomic E-state index is 14.4. The number of piperidine rings is 1. The van der Waals surface area contributed by atoms with Gasteiger partial charge in [0.25, 0.3) is 5.91 Å². The normalized spacial score (nSPS) is 21.1. The van der Waals surface area contributed by atoms with Gasteiger partial charge in [0.2, 0.25) is 5.82 Å². The van der Waals surface area contributed by atoms with Crippen molar-refractivity contribution in [3.63, 3.8) is 0 Å². The van der Waals surface area contributed by atoms with Crippen LogP contribution in [0.25, 0.3) is 33.5 Å². The molecule has 4 fully saturated rings. The van der Waals surface area contributed by atoms with Gasteiger partial charge in [0.1, 0.15) is 28.8 Å². The number of alkyl carbamates (subject to hydrolysis) is 1. The summed E-state index contributed by atoms with van der Waals surface area (Å²) in [5.74, 6) is 3.36. The lowest BCUT2D eigenvalue weighted by Crippen LogP contribution is -2.49. The van der Waals surface area contributed by atoms with Crippen molar-refractivity contribution >= 4 is 39.8 Å². The second-order valence-corrected chi connectivity index (χ2v) is 16.4. The number of benzene rings is 2. The SMILES string of the molecule is COc1cc(C(=O)N2C[C@H]3CC[C@@H]2[C@@H]3NC(=O)OC(C)(C)C)cc2nc(-c3cc4ccccc4n3CC3CC3)n(CC3CN(c4ccnc(C#N)n4)C3)c12. The van der Waals surface area contributed by atoms with Crippen LogP contribution < -0.4 is 15.0 Å². The van der Waals surface area contributed by atoms with E-state index in [2.05, 4.69) is 59.7 Å². The second-order valence-electron chi connectivity index (χ2n) is 16.4. The van der Waals surface area contributed by atoms with E-state index in [9.17, 15) is 14.9 Å². The van der Waals surface area contributed by atoms with Crippen LogP contribution in [-0.2, 0) is 17.8 Å². The Morgan fingerprint density at radius 3 is 2.52 bits per heavy atom. The molecule has 54 heavy (non-hydrogen) atoms. The number of methoxy groups -OCH3 is 1. The van der Waals surface area contributed by atoms with Gasteiger partial charge in [-0.05, 0) is 88.6 Å². The fraction of sp³-hybridized carbons (Fsp3) is 0.463. The highest BCUT2D eigenvalue weighted by Crippen LogP contribution is 2.42. The Balaban J connectivity index is 1.07. The number of para-hydroxylation sites is 1. The van der Waals surface area contributed by atoms with E-state index >= 15 is 0 Å². The number of carbonyl (C=O) groups excluding carboxylic acids is 2. The summed E-state index contributed by atoms with van der Waals surface area (Å²) in [4.78, 5) is 45.0. The molecule has 9 rings (SSSR count). The van der Waals surface area contributed by atoms with Gasteiger partial charge in [0.05, 0.1) is 30.4 Å². The minimum atomic E-state index is -0.603. The number of fused-ring (bicyclic) bond motifs is 4. The topological polar surface area (TPSA) is 143 Å². The first kappa shape index (κ1) is 34.1. The van der Waals surface area contributed by atoms with Gasteiger partial charge >= 0.3 is 6.09 Å². The first-order chi connectivity index (χ1) is 26.1. The van der Waals surface area contributed by atoms with Gasteiger partial charge in [0.15, 0.2) is 5.82 Å². The van der Waals surface area contributed by atoms with Gasteiger partial charge in [-0.1, -0.05) is 18.2 Å². The number of rotatable bonds is 9. The van der Waals surface area contributed by atoms with Crippen molar-refractivity contribution in [1.29, 1.82) is 5.26 Å². The molecule has 4 aliphatic rings. The first-order valence-corrected chi connectivity index (χ1v) is 19.0. The smallest absolute Gasteiger partial charge is 0.407 e. The molecular weight excluding hydrogens is 683 g/mol. The first-order valence-electron chi connectivity index (χ1n) is 19.0. The van der Waals surface area contributed by atoms with E-state index < -0.39 is 11.7 Å². The Labute approximate surface area is 313 Å². The molecule has 2 aliphatic heterocycles. The van der Waals surface area contributed by atoms with E-state index in [0.29, 0.717) is 35.8 Å². The van der Waals surface area contributed by atoms with Crippen LogP contribution in [0.1, 0.15) is 62.6 Å². The maximum Gasteiger partial charge on any atom is 0.407 e. The van der Waals surface area contributed by atoms with Crippen molar-refractivity contribution in [2.75, 3.05) is 31.6 Å². The molecule has 13 nitrogen and oxygen atoms in total. The predicted molar refractivity (Wildman–Crippen MR) is 203 cm³/mol. The number of hydrogen-bond donors (Lipinski definition) is 1. The highest BCUT2D eigenvalue weighted by atomic mass is 16.6.